The van der Waals surface area contributed by atoms with E-state index in [4.69, 9.17) is 0 Å². The van der Waals surface area contributed by atoms with Crippen molar-refractivity contribution in [2.45, 2.75) is 18.9 Å². The Hall–Kier alpha value is -1.26. The summed E-state index contributed by atoms with van der Waals surface area (Å²) in [4.78, 5) is 21.9. The summed E-state index contributed by atoms with van der Waals surface area (Å²) in [7, 11) is 1.52. The molecule has 0 aromatic carbocycles. The van der Waals surface area contributed by atoms with Crippen LogP contribution in [-0.2, 0) is 4.79 Å². The van der Waals surface area contributed by atoms with E-state index in [0.717, 1.165) is 12.8 Å². The summed E-state index contributed by atoms with van der Waals surface area (Å²) in [5.74, 6) is -0.0927. The van der Waals surface area contributed by atoms with Crippen LogP contribution in [-0.4, -0.2) is 31.6 Å². The van der Waals surface area contributed by atoms with Gasteiger partial charge in [0.25, 0.3) is 0 Å². The van der Waals surface area contributed by atoms with Gasteiger partial charge in [-0.15, -0.1) is 0 Å². The van der Waals surface area contributed by atoms with E-state index < -0.39 is 0 Å². The van der Waals surface area contributed by atoms with Gasteiger partial charge < -0.3 is 16.0 Å². The summed E-state index contributed by atoms with van der Waals surface area (Å²) < 4.78 is 0. The first-order valence-corrected chi connectivity index (χ1v) is 4.00. The van der Waals surface area contributed by atoms with Gasteiger partial charge >= 0.3 is 6.03 Å². The number of hydrogen-bond acceptors (Lipinski definition) is 2. The third-order valence-corrected chi connectivity index (χ3v) is 1.82. The van der Waals surface area contributed by atoms with Crippen LogP contribution in [0.4, 0.5) is 4.79 Å². The zero-order valence-corrected chi connectivity index (χ0v) is 7.02. The molecule has 1 aliphatic rings. The summed E-state index contributed by atoms with van der Waals surface area (Å²) in [6, 6.07) is -0.671. The van der Waals surface area contributed by atoms with Crippen LogP contribution in [0.5, 0.6) is 0 Å². The SMILES string of the molecule is CNC(=O)N[C@H]1CCCNC1=O. The molecular formula is C7H13N3O2. The van der Waals surface area contributed by atoms with Crippen LogP contribution < -0.4 is 16.0 Å². The normalized spacial score (nSPS) is 22.8. The molecule has 1 fully saturated rings. The third-order valence-electron chi connectivity index (χ3n) is 1.82. The molecule has 1 rings (SSSR count). The van der Waals surface area contributed by atoms with Crippen molar-refractivity contribution in [2.24, 2.45) is 0 Å². The molecule has 1 atom stereocenters. The Morgan fingerprint density at radius 3 is 3.00 bits per heavy atom. The first-order chi connectivity index (χ1) is 5.74. The van der Waals surface area contributed by atoms with Gasteiger partial charge in [0, 0.05) is 13.6 Å². The van der Waals surface area contributed by atoms with Gasteiger partial charge in [-0.25, -0.2) is 4.79 Å². The molecule has 0 radical (unpaired) electrons. The van der Waals surface area contributed by atoms with E-state index in [0.29, 0.717) is 6.54 Å². The molecule has 0 aromatic rings. The number of nitrogens with one attached hydrogen (secondary N) is 3. The van der Waals surface area contributed by atoms with E-state index in [-0.39, 0.29) is 18.0 Å². The fourth-order valence-corrected chi connectivity index (χ4v) is 1.14. The summed E-state index contributed by atoms with van der Waals surface area (Å²) >= 11 is 0. The minimum absolute atomic E-state index is 0.0927. The van der Waals surface area contributed by atoms with Crippen molar-refractivity contribution in [3.05, 3.63) is 0 Å². The maximum absolute atomic E-state index is 11.1. The van der Waals surface area contributed by atoms with Gasteiger partial charge in [0.15, 0.2) is 0 Å². The second kappa shape index (κ2) is 3.94. The Bertz CT molecular complexity index is 193. The van der Waals surface area contributed by atoms with E-state index in [9.17, 15) is 9.59 Å². The Kier molecular flexibility index (Phi) is 2.90. The average molecular weight is 171 g/mol. The molecule has 0 aromatic heterocycles. The minimum atomic E-state index is -0.362. The molecule has 68 valence electrons. The molecule has 1 saturated heterocycles. The van der Waals surface area contributed by atoms with E-state index >= 15 is 0 Å². The molecule has 1 aliphatic heterocycles. The van der Waals surface area contributed by atoms with E-state index in [1.807, 2.05) is 0 Å². The van der Waals surface area contributed by atoms with Gasteiger partial charge in [-0.05, 0) is 12.8 Å². The maximum atomic E-state index is 11.1. The van der Waals surface area contributed by atoms with Crippen LogP contribution in [0.15, 0.2) is 0 Å². The van der Waals surface area contributed by atoms with Gasteiger partial charge in [-0.1, -0.05) is 0 Å². The smallest absolute Gasteiger partial charge is 0.315 e. The van der Waals surface area contributed by atoms with Crippen LogP contribution in [0, 0.1) is 0 Å². The van der Waals surface area contributed by atoms with Crippen LogP contribution in [0.1, 0.15) is 12.8 Å². The summed E-state index contributed by atoms with van der Waals surface area (Å²) in [6.45, 7) is 0.713. The number of amides is 3. The predicted molar refractivity (Wildman–Crippen MR) is 43.6 cm³/mol. The van der Waals surface area contributed by atoms with Crippen LogP contribution in [0.3, 0.4) is 0 Å². The number of carbonyl (C=O) groups excluding carboxylic acids is 2. The van der Waals surface area contributed by atoms with Gasteiger partial charge in [0.2, 0.25) is 5.91 Å². The molecule has 3 N–H and O–H groups in total. The van der Waals surface area contributed by atoms with Gasteiger partial charge in [0.05, 0.1) is 0 Å². The van der Waals surface area contributed by atoms with Crippen molar-refractivity contribution >= 4 is 11.9 Å². The van der Waals surface area contributed by atoms with Crippen molar-refractivity contribution in [1.29, 1.82) is 0 Å². The lowest BCUT2D eigenvalue weighted by molar-refractivity contribution is -0.124. The van der Waals surface area contributed by atoms with Crippen molar-refractivity contribution in [2.75, 3.05) is 13.6 Å². The number of urea groups is 1. The minimum Gasteiger partial charge on any atom is -0.354 e. The van der Waals surface area contributed by atoms with Crippen molar-refractivity contribution in [1.82, 2.24) is 16.0 Å². The largest absolute Gasteiger partial charge is 0.354 e. The van der Waals surface area contributed by atoms with Crippen LogP contribution in [0.2, 0.25) is 0 Å². The number of carbonyl (C=O) groups is 2. The van der Waals surface area contributed by atoms with Crippen molar-refractivity contribution < 1.29 is 9.59 Å². The topological polar surface area (TPSA) is 70.2 Å². The van der Waals surface area contributed by atoms with Gasteiger partial charge in [-0.2, -0.15) is 0 Å². The van der Waals surface area contributed by atoms with Crippen molar-refractivity contribution in [3.8, 4) is 0 Å². The first kappa shape index (κ1) is 8.83. The summed E-state index contributed by atoms with van der Waals surface area (Å²) in [5, 5.41) is 7.64. The molecule has 12 heavy (non-hydrogen) atoms. The summed E-state index contributed by atoms with van der Waals surface area (Å²) in [6.07, 6.45) is 1.64. The molecule has 0 aliphatic carbocycles. The predicted octanol–water partition coefficient (Wildman–Crippen LogP) is -0.806. The highest BCUT2D eigenvalue weighted by Gasteiger charge is 2.22. The highest BCUT2D eigenvalue weighted by atomic mass is 16.2. The van der Waals surface area contributed by atoms with Crippen LogP contribution in [0.25, 0.3) is 0 Å². The Morgan fingerprint density at radius 1 is 1.67 bits per heavy atom. The Balaban J connectivity index is 2.39. The monoisotopic (exact) mass is 171 g/mol. The van der Waals surface area contributed by atoms with Crippen LogP contribution >= 0.6 is 0 Å². The van der Waals surface area contributed by atoms with E-state index in [1.165, 1.54) is 7.05 Å². The molecule has 0 spiro atoms. The van der Waals surface area contributed by atoms with Crippen molar-refractivity contribution in [3.63, 3.8) is 0 Å². The molecule has 5 heteroatoms. The molecule has 0 bridgehead atoms. The molecule has 3 amide bonds. The zero-order valence-electron chi connectivity index (χ0n) is 7.02. The summed E-state index contributed by atoms with van der Waals surface area (Å²) in [5.41, 5.74) is 0. The Morgan fingerprint density at radius 2 is 2.42 bits per heavy atom. The van der Waals surface area contributed by atoms with Gasteiger partial charge in [-0.3, -0.25) is 4.79 Å². The van der Waals surface area contributed by atoms with Gasteiger partial charge in [0.1, 0.15) is 6.04 Å². The molecule has 5 nitrogen and oxygen atoms in total. The highest BCUT2D eigenvalue weighted by Crippen LogP contribution is 2.01. The Labute approximate surface area is 70.9 Å². The molecule has 1 heterocycles. The lowest BCUT2D eigenvalue weighted by Crippen LogP contribution is -2.52. The molecular weight excluding hydrogens is 158 g/mol. The fraction of sp³-hybridized carbons (Fsp3) is 0.714. The second-order valence-electron chi connectivity index (χ2n) is 2.71. The first-order valence-electron chi connectivity index (χ1n) is 4.00. The number of hydrogen-bond donors (Lipinski definition) is 3. The maximum Gasteiger partial charge on any atom is 0.315 e. The second-order valence-corrected chi connectivity index (χ2v) is 2.71. The fourth-order valence-electron chi connectivity index (χ4n) is 1.14. The molecule has 0 unspecified atom stereocenters. The third kappa shape index (κ3) is 2.11. The standard InChI is InChI=1S/C7H13N3O2/c1-8-7(12)10-5-3-2-4-9-6(5)11/h5H,2-4H2,1H3,(H,9,11)(H2,8,10,12)/t5-/m0/s1. The highest BCUT2D eigenvalue weighted by molar-refractivity contribution is 5.87. The quantitative estimate of drug-likeness (QED) is 0.483. The number of piperidine rings is 1. The van der Waals surface area contributed by atoms with E-state index in [2.05, 4.69) is 16.0 Å². The average Bonchev–Trinajstić information content (AvgIpc) is 2.09. The van der Waals surface area contributed by atoms with E-state index in [1.54, 1.807) is 0 Å². The molecule has 0 saturated carbocycles. The number of rotatable bonds is 1. The lowest BCUT2D eigenvalue weighted by atomic mass is 10.1. The zero-order chi connectivity index (χ0) is 8.97. The lowest BCUT2D eigenvalue weighted by Gasteiger charge is -2.22.